The normalized spacial score (nSPS) is 18.4. The van der Waals surface area contributed by atoms with Crippen LogP contribution >= 0.6 is 11.8 Å². The summed E-state index contributed by atoms with van der Waals surface area (Å²) in [4.78, 5) is 16.6. The molecule has 0 spiro atoms. The molecule has 0 saturated carbocycles. The van der Waals surface area contributed by atoms with E-state index in [1.807, 2.05) is 12.1 Å². The van der Waals surface area contributed by atoms with Crippen molar-refractivity contribution in [3.8, 4) is 12.1 Å². The van der Waals surface area contributed by atoms with Gasteiger partial charge in [-0.05, 0) is 36.4 Å². The maximum absolute atomic E-state index is 14.8. The van der Waals surface area contributed by atoms with Crippen molar-refractivity contribution >= 4 is 23.4 Å². The molecule has 13 heteroatoms. The van der Waals surface area contributed by atoms with E-state index in [1.54, 1.807) is 37.3 Å². The number of benzene rings is 3. The van der Waals surface area contributed by atoms with Crippen LogP contribution in [0.25, 0.3) is 0 Å². The van der Waals surface area contributed by atoms with Crippen LogP contribution in [0.2, 0.25) is 0 Å². The van der Waals surface area contributed by atoms with Gasteiger partial charge in [0, 0.05) is 33.7 Å². The topological polar surface area (TPSA) is 146 Å². The molecule has 2 heterocycles. The Labute approximate surface area is 255 Å². The van der Waals surface area contributed by atoms with Crippen LogP contribution in [0.5, 0.6) is 0 Å². The van der Waals surface area contributed by atoms with E-state index < -0.39 is 34.7 Å². The Hall–Kier alpha value is -4.66. The number of hydrogen-bond acceptors (Lipinski definition) is 9. The van der Waals surface area contributed by atoms with Crippen LogP contribution in [0.3, 0.4) is 0 Å². The van der Waals surface area contributed by atoms with Crippen LogP contribution in [0.1, 0.15) is 45.8 Å². The molecule has 3 aromatic carbocycles. The molecule has 1 saturated heterocycles. The standard InChI is InChI=1S/C31H26F2N6O4S/c1-19(31(41,16-39-18-36-17-37-39)27-9-7-24(32)11-28(27)33)44-26-14-42-30(43-15-26)21-4-2-20(3-5-21)29(40)38-25-8-6-22(12-34)23(10-25)13-35/h2-11,17-19,26,30,41H,14-16H2,1H3,(H,38,40)/t19-,26?,30?,31-/m1/s1. The Morgan fingerprint density at radius 2 is 1.84 bits per heavy atom. The van der Waals surface area contributed by atoms with E-state index >= 15 is 0 Å². The van der Waals surface area contributed by atoms with Gasteiger partial charge in [0.05, 0.1) is 36.1 Å². The minimum absolute atomic E-state index is 0.0567. The summed E-state index contributed by atoms with van der Waals surface area (Å²) in [6, 6.07) is 18.1. The first-order chi connectivity index (χ1) is 21.2. The fourth-order valence-electron chi connectivity index (χ4n) is 4.80. The zero-order chi connectivity index (χ0) is 31.3. The Bertz CT molecular complexity index is 1720. The van der Waals surface area contributed by atoms with E-state index in [9.17, 15) is 23.9 Å². The fourth-order valence-corrected chi connectivity index (χ4v) is 6.12. The summed E-state index contributed by atoms with van der Waals surface area (Å²) >= 11 is 1.35. The summed E-state index contributed by atoms with van der Waals surface area (Å²) in [7, 11) is 0. The lowest BCUT2D eigenvalue weighted by atomic mass is 9.90. The molecule has 10 nitrogen and oxygen atoms in total. The van der Waals surface area contributed by atoms with Crippen LogP contribution in [0.4, 0.5) is 14.5 Å². The number of aromatic nitrogens is 3. The third kappa shape index (κ3) is 6.77. The average molecular weight is 617 g/mol. The number of halogens is 2. The molecule has 1 amide bonds. The zero-order valence-corrected chi connectivity index (χ0v) is 24.2. The van der Waals surface area contributed by atoms with Gasteiger partial charge in [-0.15, -0.1) is 11.8 Å². The summed E-state index contributed by atoms with van der Waals surface area (Å²) in [6.07, 6.45) is 2.04. The van der Waals surface area contributed by atoms with Gasteiger partial charge in [0.15, 0.2) is 6.29 Å². The molecular weight excluding hydrogens is 590 g/mol. The van der Waals surface area contributed by atoms with Gasteiger partial charge < -0.3 is 19.9 Å². The van der Waals surface area contributed by atoms with Gasteiger partial charge in [-0.25, -0.2) is 18.4 Å². The van der Waals surface area contributed by atoms with Crippen molar-refractivity contribution in [3.05, 3.63) is 113 Å². The molecule has 4 aromatic rings. The van der Waals surface area contributed by atoms with E-state index in [2.05, 4.69) is 15.4 Å². The number of carbonyl (C=O) groups is 1. The first-order valence-electron chi connectivity index (χ1n) is 13.4. The number of nitrogens with zero attached hydrogens (tertiary/aromatic N) is 5. The SMILES string of the molecule is C[C@@H](SC1COC(c2ccc(C(=O)Nc3ccc(C#N)c(C#N)c3)cc2)OC1)[C@](O)(Cn1cncn1)c1ccc(F)cc1F. The number of amides is 1. The fraction of sp³-hybridized carbons (Fsp3) is 0.258. The second-order valence-corrected chi connectivity index (χ2v) is 11.7. The van der Waals surface area contributed by atoms with Gasteiger partial charge in [0.2, 0.25) is 0 Å². The molecule has 2 N–H and O–H groups in total. The monoisotopic (exact) mass is 616 g/mol. The Kier molecular flexibility index (Phi) is 9.32. The summed E-state index contributed by atoms with van der Waals surface area (Å²) in [6.45, 7) is 2.19. The molecule has 0 unspecified atom stereocenters. The van der Waals surface area contributed by atoms with E-state index in [0.29, 0.717) is 16.8 Å². The van der Waals surface area contributed by atoms with E-state index in [4.69, 9.17) is 14.7 Å². The van der Waals surface area contributed by atoms with Gasteiger partial charge in [-0.3, -0.25) is 4.79 Å². The highest BCUT2D eigenvalue weighted by Gasteiger charge is 2.41. The summed E-state index contributed by atoms with van der Waals surface area (Å²) in [5.41, 5.74) is 0.0356. The van der Waals surface area contributed by atoms with Crippen LogP contribution in [0, 0.1) is 34.3 Å². The Morgan fingerprint density at radius 1 is 1.11 bits per heavy atom. The highest BCUT2D eigenvalue weighted by atomic mass is 32.2. The van der Waals surface area contributed by atoms with Crippen LogP contribution in [-0.2, 0) is 21.6 Å². The molecule has 224 valence electrons. The number of nitriles is 2. The predicted octanol–water partition coefficient (Wildman–Crippen LogP) is 4.68. The smallest absolute Gasteiger partial charge is 0.255 e. The highest BCUT2D eigenvalue weighted by Crippen LogP contribution is 2.39. The number of hydrogen-bond donors (Lipinski definition) is 2. The molecule has 0 radical (unpaired) electrons. The highest BCUT2D eigenvalue weighted by molar-refractivity contribution is 8.00. The van der Waals surface area contributed by atoms with Crippen LogP contribution in [-0.4, -0.2) is 49.5 Å². The van der Waals surface area contributed by atoms with E-state index in [1.165, 1.54) is 47.3 Å². The van der Waals surface area contributed by atoms with Crippen molar-refractivity contribution in [2.45, 2.75) is 35.9 Å². The number of rotatable bonds is 9. The third-order valence-corrected chi connectivity index (χ3v) is 8.62. The van der Waals surface area contributed by atoms with Gasteiger partial charge in [-0.1, -0.05) is 25.1 Å². The molecule has 0 bridgehead atoms. The average Bonchev–Trinajstić information content (AvgIpc) is 3.54. The quantitative estimate of drug-likeness (QED) is 0.274. The van der Waals surface area contributed by atoms with Crippen molar-refractivity contribution in [2.75, 3.05) is 18.5 Å². The molecule has 5 rings (SSSR count). The minimum atomic E-state index is -1.75. The molecule has 1 aliphatic rings. The second kappa shape index (κ2) is 13.3. The van der Waals surface area contributed by atoms with Gasteiger partial charge in [-0.2, -0.15) is 15.6 Å². The number of nitrogens with one attached hydrogen (secondary N) is 1. The molecule has 1 aromatic heterocycles. The predicted molar refractivity (Wildman–Crippen MR) is 156 cm³/mol. The summed E-state index contributed by atoms with van der Waals surface area (Å²) < 4.78 is 41.8. The number of carbonyl (C=O) groups excluding carboxylic acids is 1. The first-order valence-corrected chi connectivity index (χ1v) is 14.4. The third-order valence-electron chi connectivity index (χ3n) is 7.17. The minimum Gasteiger partial charge on any atom is -0.382 e. The molecule has 44 heavy (non-hydrogen) atoms. The van der Waals surface area contributed by atoms with Crippen molar-refractivity contribution in [3.63, 3.8) is 0 Å². The van der Waals surface area contributed by atoms with Crippen LogP contribution in [0.15, 0.2) is 73.3 Å². The largest absolute Gasteiger partial charge is 0.382 e. The van der Waals surface area contributed by atoms with E-state index in [-0.39, 0.29) is 41.7 Å². The summed E-state index contributed by atoms with van der Waals surface area (Å²) in [5.74, 6) is -2.00. The number of anilines is 1. The van der Waals surface area contributed by atoms with Crippen LogP contribution < -0.4 is 5.32 Å². The second-order valence-electron chi connectivity index (χ2n) is 10.1. The zero-order valence-electron chi connectivity index (χ0n) is 23.4. The van der Waals surface area contributed by atoms with Crippen molar-refractivity contribution < 1.29 is 28.2 Å². The van der Waals surface area contributed by atoms with Gasteiger partial charge in [0.25, 0.3) is 5.91 Å². The number of thioether (sulfide) groups is 1. The first kappa shape index (κ1) is 30.8. The van der Waals surface area contributed by atoms with Crippen molar-refractivity contribution in [1.82, 2.24) is 14.8 Å². The van der Waals surface area contributed by atoms with Gasteiger partial charge >= 0.3 is 0 Å². The number of aliphatic hydroxyl groups is 1. The molecule has 1 fully saturated rings. The lowest BCUT2D eigenvalue weighted by molar-refractivity contribution is -0.180. The molecule has 0 aliphatic carbocycles. The summed E-state index contributed by atoms with van der Waals surface area (Å²) in [5, 5.41) is 36.0. The Balaban J connectivity index is 1.20. The number of ether oxygens (including phenoxy) is 2. The van der Waals surface area contributed by atoms with Crippen molar-refractivity contribution in [2.24, 2.45) is 0 Å². The molecule has 1 aliphatic heterocycles. The lowest BCUT2D eigenvalue weighted by Crippen LogP contribution is -2.43. The van der Waals surface area contributed by atoms with E-state index in [0.717, 1.165) is 12.1 Å². The Morgan fingerprint density at radius 3 is 2.48 bits per heavy atom. The molecular formula is C31H26F2N6O4S. The molecule has 2 atom stereocenters. The lowest BCUT2D eigenvalue weighted by Gasteiger charge is -2.37. The van der Waals surface area contributed by atoms with Crippen molar-refractivity contribution in [1.29, 1.82) is 10.5 Å². The maximum atomic E-state index is 14.8. The van der Waals surface area contributed by atoms with Gasteiger partial charge in [0.1, 0.15) is 42.0 Å². The maximum Gasteiger partial charge on any atom is 0.255 e.